The van der Waals surface area contributed by atoms with Crippen molar-refractivity contribution in [3.05, 3.63) is 59.7 Å². The van der Waals surface area contributed by atoms with E-state index in [-0.39, 0.29) is 11.8 Å². The zero-order valence-electron chi connectivity index (χ0n) is 15.1. The Balaban J connectivity index is 2.05. The van der Waals surface area contributed by atoms with Crippen molar-refractivity contribution in [2.75, 3.05) is 12.4 Å². The molecular weight excluding hydrogens is 316 g/mol. The maximum atomic E-state index is 12.4. The summed E-state index contributed by atoms with van der Waals surface area (Å²) in [6, 6.07) is 14.4. The standard InChI is InChI=1S/C20H24N2O3/c1-20(2,3)19(24)22-16-10-7-9-14(12-16)18(23)21-13-15-8-5-6-11-17(15)25-4/h5-12H,13H2,1-4H3,(H,21,23)(H,22,24). The molecule has 0 saturated carbocycles. The van der Waals surface area contributed by atoms with Gasteiger partial charge in [-0.1, -0.05) is 45.0 Å². The average Bonchev–Trinajstić information content (AvgIpc) is 2.59. The van der Waals surface area contributed by atoms with Crippen molar-refractivity contribution in [3.8, 4) is 5.75 Å². The molecule has 5 nitrogen and oxygen atoms in total. The highest BCUT2D eigenvalue weighted by molar-refractivity contribution is 5.98. The van der Waals surface area contributed by atoms with Crippen molar-refractivity contribution in [2.24, 2.45) is 5.41 Å². The summed E-state index contributed by atoms with van der Waals surface area (Å²) in [7, 11) is 1.60. The molecule has 0 aliphatic heterocycles. The lowest BCUT2D eigenvalue weighted by Crippen LogP contribution is -2.28. The van der Waals surface area contributed by atoms with Crippen molar-refractivity contribution in [1.82, 2.24) is 5.32 Å². The molecule has 0 aromatic heterocycles. The largest absolute Gasteiger partial charge is 0.496 e. The van der Waals surface area contributed by atoms with E-state index in [0.717, 1.165) is 11.3 Å². The van der Waals surface area contributed by atoms with Crippen molar-refractivity contribution in [1.29, 1.82) is 0 Å². The van der Waals surface area contributed by atoms with Gasteiger partial charge in [-0.25, -0.2) is 0 Å². The second kappa shape index (κ2) is 7.83. The molecule has 25 heavy (non-hydrogen) atoms. The summed E-state index contributed by atoms with van der Waals surface area (Å²) in [6.45, 7) is 5.88. The fourth-order valence-electron chi connectivity index (χ4n) is 2.18. The number of ether oxygens (including phenoxy) is 1. The topological polar surface area (TPSA) is 67.4 Å². The van der Waals surface area contributed by atoms with Gasteiger partial charge in [0.15, 0.2) is 0 Å². The zero-order valence-corrected chi connectivity index (χ0v) is 15.1. The molecule has 2 aromatic rings. The van der Waals surface area contributed by atoms with E-state index in [2.05, 4.69) is 10.6 Å². The molecule has 2 rings (SSSR count). The third-order valence-corrected chi connectivity index (χ3v) is 3.70. The minimum atomic E-state index is -0.498. The van der Waals surface area contributed by atoms with E-state index < -0.39 is 5.41 Å². The van der Waals surface area contributed by atoms with Crippen LogP contribution in [0.1, 0.15) is 36.7 Å². The summed E-state index contributed by atoms with van der Waals surface area (Å²) in [5, 5.41) is 5.70. The van der Waals surface area contributed by atoms with Gasteiger partial charge in [-0.2, -0.15) is 0 Å². The predicted molar refractivity (Wildman–Crippen MR) is 98.7 cm³/mol. The first-order valence-electron chi connectivity index (χ1n) is 8.13. The Morgan fingerprint density at radius 1 is 1.04 bits per heavy atom. The van der Waals surface area contributed by atoms with Crippen LogP contribution < -0.4 is 15.4 Å². The second-order valence-electron chi connectivity index (χ2n) is 6.78. The molecule has 2 aromatic carbocycles. The third kappa shape index (κ3) is 5.08. The Bertz CT molecular complexity index is 764. The number of nitrogens with one attached hydrogen (secondary N) is 2. The zero-order chi connectivity index (χ0) is 18.4. The van der Waals surface area contributed by atoms with E-state index in [0.29, 0.717) is 17.8 Å². The summed E-state index contributed by atoms with van der Waals surface area (Å²) in [6.07, 6.45) is 0. The van der Waals surface area contributed by atoms with Crippen molar-refractivity contribution in [2.45, 2.75) is 27.3 Å². The monoisotopic (exact) mass is 340 g/mol. The van der Waals surface area contributed by atoms with Crippen LogP contribution >= 0.6 is 0 Å². The normalized spacial score (nSPS) is 10.9. The van der Waals surface area contributed by atoms with Crippen molar-refractivity contribution in [3.63, 3.8) is 0 Å². The maximum Gasteiger partial charge on any atom is 0.251 e. The molecule has 0 atom stereocenters. The molecular formula is C20H24N2O3. The number of carbonyl (C=O) groups excluding carboxylic acids is 2. The number of anilines is 1. The molecule has 0 spiro atoms. The fraction of sp³-hybridized carbons (Fsp3) is 0.300. The molecule has 0 bridgehead atoms. The van der Waals surface area contributed by atoms with Crippen LogP contribution in [0.5, 0.6) is 5.75 Å². The van der Waals surface area contributed by atoms with Gasteiger partial charge in [0.2, 0.25) is 5.91 Å². The van der Waals surface area contributed by atoms with E-state index >= 15 is 0 Å². The lowest BCUT2D eigenvalue weighted by molar-refractivity contribution is -0.123. The molecule has 0 aliphatic carbocycles. The molecule has 0 aliphatic rings. The lowest BCUT2D eigenvalue weighted by Gasteiger charge is -2.18. The summed E-state index contributed by atoms with van der Waals surface area (Å²) < 4.78 is 5.28. The number of hydrogen-bond donors (Lipinski definition) is 2. The summed E-state index contributed by atoms with van der Waals surface area (Å²) in [5.74, 6) is 0.422. The smallest absolute Gasteiger partial charge is 0.251 e. The van der Waals surface area contributed by atoms with E-state index in [9.17, 15) is 9.59 Å². The van der Waals surface area contributed by atoms with E-state index in [1.54, 1.807) is 31.4 Å². The Hall–Kier alpha value is -2.82. The van der Waals surface area contributed by atoms with Crippen LogP contribution in [0.2, 0.25) is 0 Å². The Kier molecular flexibility index (Phi) is 5.80. The highest BCUT2D eigenvalue weighted by atomic mass is 16.5. The molecule has 132 valence electrons. The van der Waals surface area contributed by atoms with Gasteiger partial charge in [0.25, 0.3) is 5.91 Å². The number of hydrogen-bond acceptors (Lipinski definition) is 3. The van der Waals surface area contributed by atoms with E-state index in [1.165, 1.54) is 0 Å². The number of benzene rings is 2. The fourth-order valence-corrected chi connectivity index (χ4v) is 2.18. The van der Waals surface area contributed by atoms with Gasteiger partial charge in [-0.15, -0.1) is 0 Å². The highest BCUT2D eigenvalue weighted by Gasteiger charge is 2.21. The minimum Gasteiger partial charge on any atom is -0.496 e. The van der Waals surface area contributed by atoms with Gasteiger partial charge >= 0.3 is 0 Å². The van der Waals surface area contributed by atoms with Crippen LogP contribution in [0.25, 0.3) is 0 Å². The van der Waals surface area contributed by atoms with Gasteiger partial charge in [-0.3, -0.25) is 9.59 Å². The van der Waals surface area contributed by atoms with Crippen LogP contribution in [-0.2, 0) is 11.3 Å². The number of carbonyl (C=O) groups is 2. The first-order chi connectivity index (χ1) is 11.8. The van der Waals surface area contributed by atoms with Crippen molar-refractivity contribution >= 4 is 17.5 Å². The molecule has 0 heterocycles. The molecule has 0 radical (unpaired) electrons. The summed E-state index contributed by atoms with van der Waals surface area (Å²) in [4.78, 5) is 24.5. The van der Waals surface area contributed by atoms with Gasteiger partial charge in [-0.05, 0) is 24.3 Å². The van der Waals surface area contributed by atoms with Crippen LogP contribution in [0, 0.1) is 5.41 Å². The van der Waals surface area contributed by atoms with Gasteiger partial charge in [0.1, 0.15) is 5.75 Å². The number of methoxy groups -OCH3 is 1. The van der Waals surface area contributed by atoms with Gasteiger partial charge in [0.05, 0.1) is 7.11 Å². The van der Waals surface area contributed by atoms with Gasteiger partial charge < -0.3 is 15.4 Å². The quantitative estimate of drug-likeness (QED) is 0.874. The second-order valence-corrected chi connectivity index (χ2v) is 6.78. The number of amides is 2. The first-order valence-corrected chi connectivity index (χ1v) is 8.13. The van der Waals surface area contributed by atoms with Crippen LogP contribution in [0.4, 0.5) is 5.69 Å². The molecule has 2 N–H and O–H groups in total. The van der Waals surface area contributed by atoms with Crippen LogP contribution in [-0.4, -0.2) is 18.9 Å². The van der Waals surface area contributed by atoms with Gasteiger partial charge in [0, 0.05) is 28.8 Å². The average molecular weight is 340 g/mol. The number of para-hydroxylation sites is 1. The molecule has 0 unspecified atom stereocenters. The highest BCUT2D eigenvalue weighted by Crippen LogP contribution is 2.19. The lowest BCUT2D eigenvalue weighted by atomic mass is 9.95. The SMILES string of the molecule is COc1ccccc1CNC(=O)c1cccc(NC(=O)C(C)(C)C)c1. The number of rotatable bonds is 5. The van der Waals surface area contributed by atoms with E-state index in [4.69, 9.17) is 4.74 Å². The van der Waals surface area contributed by atoms with Crippen LogP contribution in [0.15, 0.2) is 48.5 Å². The predicted octanol–water partition coefficient (Wildman–Crippen LogP) is 3.61. The molecule has 0 fully saturated rings. The molecule has 2 amide bonds. The summed E-state index contributed by atoms with van der Waals surface area (Å²) >= 11 is 0. The Morgan fingerprint density at radius 2 is 1.76 bits per heavy atom. The Labute approximate surface area is 148 Å². The van der Waals surface area contributed by atoms with Crippen molar-refractivity contribution < 1.29 is 14.3 Å². The first kappa shape index (κ1) is 18.5. The third-order valence-electron chi connectivity index (χ3n) is 3.70. The summed E-state index contributed by atoms with van der Waals surface area (Å²) in [5.41, 5.74) is 1.49. The molecule has 0 saturated heterocycles. The van der Waals surface area contributed by atoms with Crippen LogP contribution in [0.3, 0.4) is 0 Å². The maximum absolute atomic E-state index is 12.4. The Morgan fingerprint density at radius 3 is 2.44 bits per heavy atom. The van der Waals surface area contributed by atoms with E-state index in [1.807, 2.05) is 45.0 Å². The minimum absolute atomic E-state index is 0.0981. The molecule has 5 heteroatoms.